The van der Waals surface area contributed by atoms with E-state index in [1.54, 1.807) is 6.92 Å². The van der Waals surface area contributed by atoms with Gasteiger partial charge in [0.2, 0.25) is 5.91 Å². The number of carbonyl (C=O) groups is 1. The van der Waals surface area contributed by atoms with Crippen molar-refractivity contribution in [3.05, 3.63) is 0 Å². The highest BCUT2D eigenvalue weighted by atomic mass is 127. The number of amides is 1. The van der Waals surface area contributed by atoms with Gasteiger partial charge >= 0.3 is 0 Å². The lowest BCUT2D eigenvalue weighted by molar-refractivity contribution is -0.130. The molecule has 140 valence electrons. The number of thioether (sulfide) groups is 1. The predicted octanol–water partition coefficient (Wildman–Crippen LogP) is 1.22. The van der Waals surface area contributed by atoms with Crippen LogP contribution in [0.4, 0.5) is 0 Å². The van der Waals surface area contributed by atoms with Crippen LogP contribution in [0.25, 0.3) is 0 Å². The summed E-state index contributed by atoms with van der Waals surface area (Å²) in [5.74, 6) is 2.35. The van der Waals surface area contributed by atoms with Gasteiger partial charge in [0.15, 0.2) is 5.96 Å². The maximum absolute atomic E-state index is 11.3. The van der Waals surface area contributed by atoms with E-state index >= 15 is 0 Å². The summed E-state index contributed by atoms with van der Waals surface area (Å²) in [6, 6.07) is 0. The summed E-state index contributed by atoms with van der Waals surface area (Å²) in [6.07, 6.45) is 2.60. The summed E-state index contributed by atoms with van der Waals surface area (Å²) < 4.78 is 0.348. The molecule has 2 fully saturated rings. The van der Waals surface area contributed by atoms with Gasteiger partial charge < -0.3 is 15.5 Å². The number of carbonyl (C=O) groups excluding carboxylic acids is 1. The van der Waals surface area contributed by atoms with Crippen LogP contribution in [0, 0.1) is 0 Å². The van der Waals surface area contributed by atoms with Crippen LogP contribution in [-0.2, 0) is 4.79 Å². The van der Waals surface area contributed by atoms with E-state index in [9.17, 15) is 4.79 Å². The van der Waals surface area contributed by atoms with Crippen molar-refractivity contribution in [2.75, 3.05) is 58.6 Å². The van der Waals surface area contributed by atoms with E-state index in [0.717, 1.165) is 51.8 Å². The Kier molecular flexibility index (Phi) is 9.73. The molecule has 0 saturated carbocycles. The van der Waals surface area contributed by atoms with Crippen LogP contribution in [0.1, 0.15) is 26.7 Å². The first-order valence-electron chi connectivity index (χ1n) is 8.59. The fourth-order valence-corrected chi connectivity index (χ4v) is 4.33. The molecule has 0 bridgehead atoms. The van der Waals surface area contributed by atoms with Gasteiger partial charge in [0.25, 0.3) is 0 Å². The maximum atomic E-state index is 11.3. The van der Waals surface area contributed by atoms with Crippen molar-refractivity contribution >= 4 is 47.6 Å². The predicted molar refractivity (Wildman–Crippen MR) is 114 cm³/mol. The van der Waals surface area contributed by atoms with Gasteiger partial charge in [-0.2, -0.15) is 11.8 Å². The van der Waals surface area contributed by atoms with E-state index in [1.165, 1.54) is 18.6 Å². The molecule has 2 N–H and O–H groups in total. The molecule has 0 aliphatic carbocycles. The van der Waals surface area contributed by atoms with E-state index in [1.807, 2.05) is 11.9 Å². The van der Waals surface area contributed by atoms with Gasteiger partial charge in [-0.15, -0.1) is 24.0 Å². The number of hydrogen-bond donors (Lipinski definition) is 2. The van der Waals surface area contributed by atoms with Gasteiger partial charge in [-0.3, -0.25) is 14.7 Å². The normalized spacial score (nSPS) is 25.3. The average molecular weight is 469 g/mol. The Labute approximate surface area is 167 Å². The molecule has 0 aromatic heterocycles. The first kappa shape index (κ1) is 21.8. The zero-order chi connectivity index (χ0) is 16.7. The second kappa shape index (κ2) is 10.7. The third-order valence-corrected chi connectivity index (χ3v) is 6.23. The second-order valence-corrected chi connectivity index (χ2v) is 8.28. The molecule has 2 heterocycles. The van der Waals surface area contributed by atoms with Crippen LogP contribution in [-0.4, -0.2) is 85.0 Å². The van der Waals surface area contributed by atoms with Crippen molar-refractivity contribution in [1.82, 2.24) is 20.4 Å². The van der Waals surface area contributed by atoms with Gasteiger partial charge in [0.05, 0.1) is 0 Å². The lowest BCUT2D eigenvalue weighted by atomic mass is 10.1. The van der Waals surface area contributed by atoms with Gasteiger partial charge in [0.1, 0.15) is 0 Å². The third-order valence-electron chi connectivity index (χ3n) is 4.69. The molecular weight excluding hydrogens is 437 g/mol. The van der Waals surface area contributed by atoms with Gasteiger partial charge in [-0.1, -0.05) is 0 Å². The first-order valence-corrected chi connectivity index (χ1v) is 9.57. The number of nitrogens with one attached hydrogen (secondary N) is 2. The fourth-order valence-electron chi connectivity index (χ4n) is 3.09. The summed E-state index contributed by atoms with van der Waals surface area (Å²) >= 11 is 2.06. The maximum Gasteiger partial charge on any atom is 0.219 e. The molecule has 2 saturated heterocycles. The average Bonchev–Trinajstić information content (AvgIpc) is 2.98. The molecular formula is C16H32IN5OS. The lowest BCUT2D eigenvalue weighted by Gasteiger charge is -2.34. The zero-order valence-corrected chi connectivity index (χ0v) is 18.3. The Morgan fingerprint density at radius 3 is 2.50 bits per heavy atom. The van der Waals surface area contributed by atoms with Crippen LogP contribution >= 0.6 is 35.7 Å². The SMILES string of the molecule is CN=C(NCCN1CCN(C(C)=O)CC1)NCC1(C)CCCS1.I. The van der Waals surface area contributed by atoms with Crippen LogP contribution < -0.4 is 10.6 Å². The number of aliphatic imine (C=N–C) groups is 1. The summed E-state index contributed by atoms with van der Waals surface area (Å²) in [5.41, 5.74) is 0. The molecule has 1 atom stereocenters. The van der Waals surface area contributed by atoms with Gasteiger partial charge in [0, 0.05) is 64.5 Å². The highest BCUT2D eigenvalue weighted by Crippen LogP contribution is 2.36. The monoisotopic (exact) mass is 469 g/mol. The summed E-state index contributed by atoms with van der Waals surface area (Å²) in [6.45, 7) is 10.4. The van der Waals surface area contributed by atoms with E-state index in [2.05, 4.69) is 39.2 Å². The molecule has 1 amide bonds. The number of piperazine rings is 1. The second-order valence-electron chi connectivity index (χ2n) is 6.60. The van der Waals surface area contributed by atoms with Crippen LogP contribution in [0.2, 0.25) is 0 Å². The van der Waals surface area contributed by atoms with Crippen molar-refractivity contribution < 1.29 is 4.79 Å². The molecule has 2 aliphatic rings. The Morgan fingerprint density at radius 2 is 1.96 bits per heavy atom. The molecule has 24 heavy (non-hydrogen) atoms. The van der Waals surface area contributed by atoms with Crippen LogP contribution in [0.5, 0.6) is 0 Å². The zero-order valence-electron chi connectivity index (χ0n) is 15.1. The summed E-state index contributed by atoms with van der Waals surface area (Å²) in [5, 5.41) is 6.86. The molecule has 6 nitrogen and oxygen atoms in total. The lowest BCUT2D eigenvalue weighted by Crippen LogP contribution is -2.50. The van der Waals surface area contributed by atoms with Crippen molar-refractivity contribution in [2.45, 2.75) is 31.4 Å². The smallest absolute Gasteiger partial charge is 0.219 e. The topological polar surface area (TPSA) is 60.0 Å². The van der Waals surface area contributed by atoms with Crippen molar-refractivity contribution in [3.8, 4) is 0 Å². The minimum Gasteiger partial charge on any atom is -0.355 e. The summed E-state index contributed by atoms with van der Waals surface area (Å²) in [4.78, 5) is 20.0. The number of guanidine groups is 1. The highest BCUT2D eigenvalue weighted by Gasteiger charge is 2.29. The van der Waals surface area contributed by atoms with E-state index < -0.39 is 0 Å². The number of rotatable bonds is 5. The Bertz CT molecular complexity index is 421. The number of nitrogens with zero attached hydrogens (tertiary/aromatic N) is 3. The van der Waals surface area contributed by atoms with Crippen molar-refractivity contribution in [3.63, 3.8) is 0 Å². The molecule has 2 aliphatic heterocycles. The van der Waals surface area contributed by atoms with E-state index in [4.69, 9.17) is 0 Å². The molecule has 0 aromatic rings. The molecule has 2 rings (SSSR count). The van der Waals surface area contributed by atoms with E-state index in [-0.39, 0.29) is 29.9 Å². The molecule has 0 radical (unpaired) electrons. The first-order chi connectivity index (χ1) is 11.0. The molecule has 0 aromatic carbocycles. The number of hydrogen-bond acceptors (Lipinski definition) is 4. The van der Waals surface area contributed by atoms with Gasteiger partial charge in [-0.05, 0) is 25.5 Å². The Morgan fingerprint density at radius 1 is 1.25 bits per heavy atom. The molecule has 8 heteroatoms. The largest absolute Gasteiger partial charge is 0.355 e. The minimum absolute atomic E-state index is 0. The minimum atomic E-state index is 0. The quantitative estimate of drug-likeness (QED) is 0.360. The molecule has 1 unspecified atom stereocenters. The van der Waals surface area contributed by atoms with Crippen LogP contribution in [0.3, 0.4) is 0 Å². The van der Waals surface area contributed by atoms with Gasteiger partial charge in [-0.25, -0.2) is 0 Å². The summed E-state index contributed by atoms with van der Waals surface area (Å²) in [7, 11) is 1.82. The standard InChI is InChI=1S/C16H31N5OS.HI/c1-14(22)21-10-8-20(9-11-21)7-6-18-15(17-3)19-13-16(2)5-4-12-23-16;/h4-13H2,1-3H3,(H2,17,18,19);1H. The van der Waals surface area contributed by atoms with Crippen LogP contribution in [0.15, 0.2) is 4.99 Å². The Hall–Kier alpha value is -0.220. The van der Waals surface area contributed by atoms with Crippen molar-refractivity contribution in [2.24, 2.45) is 4.99 Å². The fraction of sp³-hybridized carbons (Fsp3) is 0.875. The number of halogens is 1. The van der Waals surface area contributed by atoms with Crippen molar-refractivity contribution in [1.29, 1.82) is 0 Å². The van der Waals surface area contributed by atoms with E-state index in [0.29, 0.717) is 4.75 Å². The molecule has 0 spiro atoms. The highest BCUT2D eigenvalue weighted by molar-refractivity contribution is 14.0. The third kappa shape index (κ3) is 6.95. The Balaban J connectivity index is 0.00000288.